The number of ether oxygens (including phenoxy) is 3. The van der Waals surface area contributed by atoms with Crippen molar-refractivity contribution in [1.82, 2.24) is 4.98 Å². The van der Waals surface area contributed by atoms with Crippen molar-refractivity contribution in [2.75, 3.05) is 26.8 Å². The van der Waals surface area contributed by atoms with Crippen LogP contribution in [-0.2, 0) is 0 Å². The monoisotopic (exact) mass is 249 g/mol. The number of fused-ring (bicyclic) bond motifs is 1. The van der Waals surface area contributed by atoms with Crippen LogP contribution >= 0.6 is 0 Å². The first-order chi connectivity index (χ1) is 8.76. The lowest BCUT2D eigenvalue weighted by Crippen LogP contribution is -2.09. The highest BCUT2D eigenvalue weighted by Gasteiger charge is 2.17. The predicted molar refractivity (Wildman–Crippen MR) is 69.2 cm³/mol. The van der Waals surface area contributed by atoms with E-state index in [0.29, 0.717) is 23.1 Å². The van der Waals surface area contributed by atoms with Crippen molar-refractivity contribution >= 4 is 16.6 Å². The summed E-state index contributed by atoms with van der Waals surface area (Å²) in [5.74, 6) is 7.77. The Bertz CT molecular complexity index is 570. The zero-order valence-electron chi connectivity index (χ0n) is 10.5. The van der Waals surface area contributed by atoms with E-state index in [4.69, 9.17) is 20.1 Å². The number of nitrogens with zero attached hydrogens (tertiary/aromatic N) is 1. The number of hydrogen-bond donors (Lipinski definition) is 2. The Kier molecular flexibility index (Phi) is 3.38. The van der Waals surface area contributed by atoms with Crippen LogP contribution in [0.5, 0.6) is 17.2 Å². The summed E-state index contributed by atoms with van der Waals surface area (Å²) < 4.78 is 16.0. The first-order valence-corrected chi connectivity index (χ1v) is 5.31. The average molecular weight is 249 g/mol. The molecule has 0 radical (unpaired) electrons. The molecule has 0 amide bonds. The molecule has 0 saturated heterocycles. The third-order valence-corrected chi connectivity index (χ3v) is 2.71. The van der Waals surface area contributed by atoms with Crippen molar-refractivity contribution in [2.24, 2.45) is 5.84 Å². The normalized spacial score (nSPS) is 10.2. The number of aromatic nitrogens is 1. The van der Waals surface area contributed by atoms with E-state index in [1.807, 2.05) is 6.07 Å². The van der Waals surface area contributed by atoms with Crippen LogP contribution < -0.4 is 25.5 Å². The lowest BCUT2D eigenvalue weighted by Gasteiger charge is -2.15. The Labute approximate surface area is 105 Å². The molecule has 0 atom stereocenters. The van der Waals surface area contributed by atoms with E-state index in [0.717, 1.165) is 10.8 Å². The van der Waals surface area contributed by atoms with Gasteiger partial charge in [0, 0.05) is 17.6 Å². The number of rotatable bonds is 4. The van der Waals surface area contributed by atoms with Gasteiger partial charge in [-0.3, -0.25) is 0 Å². The highest BCUT2D eigenvalue weighted by molar-refractivity contribution is 6.02. The minimum Gasteiger partial charge on any atom is -0.496 e. The number of hydrazine groups is 1. The maximum absolute atomic E-state index is 5.47. The third-order valence-electron chi connectivity index (χ3n) is 2.71. The van der Waals surface area contributed by atoms with Crippen LogP contribution in [0.15, 0.2) is 18.3 Å². The summed E-state index contributed by atoms with van der Waals surface area (Å²) in [6.45, 7) is 0. The third kappa shape index (κ3) is 1.76. The molecule has 1 heterocycles. The summed E-state index contributed by atoms with van der Waals surface area (Å²) in [7, 11) is 4.72. The van der Waals surface area contributed by atoms with Gasteiger partial charge in [-0.1, -0.05) is 0 Å². The smallest absolute Gasteiger partial charge is 0.172 e. The second-order valence-electron chi connectivity index (χ2n) is 3.54. The number of nitrogens with two attached hydrogens (primary N) is 1. The Hall–Kier alpha value is -2.21. The van der Waals surface area contributed by atoms with E-state index in [1.165, 1.54) is 0 Å². The first kappa shape index (κ1) is 12.3. The minimum absolute atomic E-state index is 0.501. The van der Waals surface area contributed by atoms with E-state index < -0.39 is 0 Å². The number of nitrogens with one attached hydrogen (secondary N) is 1. The second-order valence-corrected chi connectivity index (χ2v) is 3.54. The van der Waals surface area contributed by atoms with Gasteiger partial charge in [-0.25, -0.2) is 10.8 Å². The molecule has 2 aromatic rings. The van der Waals surface area contributed by atoms with Crippen molar-refractivity contribution in [1.29, 1.82) is 0 Å². The number of benzene rings is 1. The molecule has 1 aromatic heterocycles. The maximum atomic E-state index is 5.47. The Morgan fingerprint density at radius 3 is 2.39 bits per heavy atom. The van der Waals surface area contributed by atoms with Gasteiger partial charge in [-0.15, -0.1) is 0 Å². The van der Waals surface area contributed by atoms with E-state index in [9.17, 15) is 0 Å². The van der Waals surface area contributed by atoms with Gasteiger partial charge in [0.15, 0.2) is 17.3 Å². The van der Waals surface area contributed by atoms with Gasteiger partial charge in [-0.2, -0.15) is 0 Å². The van der Waals surface area contributed by atoms with Gasteiger partial charge < -0.3 is 19.6 Å². The van der Waals surface area contributed by atoms with Crippen molar-refractivity contribution in [2.45, 2.75) is 0 Å². The molecule has 96 valence electrons. The molecule has 6 nitrogen and oxygen atoms in total. The molecule has 6 heteroatoms. The van der Waals surface area contributed by atoms with Crippen molar-refractivity contribution in [3.63, 3.8) is 0 Å². The summed E-state index contributed by atoms with van der Waals surface area (Å²) in [6.07, 6.45) is 1.64. The standard InChI is InChI=1S/C12H15N3O3/c1-16-8-6-9(17-2)11(18-3)10-7(8)4-5-14-12(10)15-13/h4-6H,13H2,1-3H3,(H,14,15). The molecule has 2 rings (SSSR count). The molecular formula is C12H15N3O3. The zero-order valence-corrected chi connectivity index (χ0v) is 10.5. The number of pyridine rings is 1. The lowest BCUT2D eigenvalue weighted by atomic mass is 10.1. The van der Waals surface area contributed by atoms with Crippen LogP contribution in [0, 0.1) is 0 Å². The van der Waals surface area contributed by atoms with E-state index >= 15 is 0 Å². The molecule has 0 aliphatic heterocycles. The average Bonchev–Trinajstić information content (AvgIpc) is 2.44. The van der Waals surface area contributed by atoms with Gasteiger partial charge in [0.05, 0.1) is 26.7 Å². The summed E-state index contributed by atoms with van der Waals surface area (Å²) >= 11 is 0. The fourth-order valence-electron chi connectivity index (χ4n) is 1.92. The van der Waals surface area contributed by atoms with E-state index in [-0.39, 0.29) is 0 Å². The fourth-order valence-corrected chi connectivity index (χ4v) is 1.92. The Morgan fingerprint density at radius 1 is 1.11 bits per heavy atom. The van der Waals surface area contributed by atoms with Crippen molar-refractivity contribution in [3.8, 4) is 17.2 Å². The molecule has 0 bridgehead atoms. The summed E-state index contributed by atoms with van der Waals surface area (Å²) in [6, 6.07) is 3.60. The molecule has 1 aromatic carbocycles. The fraction of sp³-hybridized carbons (Fsp3) is 0.250. The topological polar surface area (TPSA) is 78.6 Å². The molecule has 18 heavy (non-hydrogen) atoms. The van der Waals surface area contributed by atoms with Gasteiger partial charge in [0.2, 0.25) is 0 Å². The molecule has 0 fully saturated rings. The number of hydrogen-bond acceptors (Lipinski definition) is 6. The number of nitrogen functional groups attached to an aromatic ring is 1. The van der Waals surface area contributed by atoms with E-state index in [2.05, 4.69) is 10.4 Å². The molecule has 0 aliphatic carbocycles. The SMILES string of the molecule is COc1cc(OC)c2ccnc(NN)c2c1OC. The molecule has 0 spiro atoms. The first-order valence-electron chi connectivity index (χ1n) is 5.31. The summed E-state index contributed by atoms with van der Waals surface area (Å²) in [4.78, 5) is 4.16. The van der Waals surface area contributed by atoms with Crippen LogP contribution in [0.2, 0.25) is 0 Å². The Morgan fingerprint density at radius 2 is 1.83 bits per heavy atom. The molecular weight excluding hydrogens is 234 g/mol. The van der Waals surface area contributed by atoms with Crippen molar-refractivity contribution in [3.05, 3.63) is 18.3 Å². The molecule has 0 aliphatic rings. The highest BCUT2D eigenvalue weighted by Crippen LogP contribution is 2.43. The predicted octanol–water partition coefficient (Wildman–Crippen LogP) is 1.55. The van der Waals surface area contributed by atoms with Crippen LogP contribution in [0.4, 0.5) is 5.82 Å². The van der Waals surface area contributed by atoms with Crippen LogP contribution in [-0.4, -0.2) is 26.3 Å². The molecule has 0 saturated carbocycles. The summed E-state index contributed by atoms with van der Waals surface area (Å²) in [5, 5.41) is 1.57. The van der Waals surface area contributed by atoms with Crippen molar-refractivity contribution < 1.29 is 14.2 Å². The Balaban J connectivity index is 2.91. The van der Waals surface area contributed by atoms with Gasteiger partial charge in [0.25, 0.3) is 0 Å². The summed E-state index contributed by atoms with van der Waals surface area (Å²) in [5.41, 5.74) is 2.55. The van der Waals surface area contributed by atoms with E-state index in [1.54, 1.807) is 33.6 Å². The largest absolute Gasteiger partial charge is 0.496 e. The number of methoxy groups -OCH3 is 3. The molecule has 0 unspecified atom stereocenters. The highest BCUT2D eigenvalue weighted by atomic mass is 16.5. The molecule has 3 N–H and O–H groups in total. The van der Waals surface area contributed by atoms with Gasteiger partial charge in [-0.05, 0) is 6.07 Å². The minimum atomic E-state index is 0.501. The zero-order chi connectivity index (χ0) is 13.1. The van der Waals surface area contributed by atoms with Gasteiger partial charge >= 0.3 is 0 Å². The van der Waals surface area contributed by atoms with Gasteiger partial charge in [0.1, 0.15) is 5.75 Å². The quantitative estimate of drug-likeness (QED) is 0.632. The maximum Gasteiger partial charge on any atom is 0.172 e. The number of anilines is 1. The van der Waals surface area contributed by atoms with Crippen LogP contribution in [0.1, 0.15) is 0 Å². The van der Waals surface area contributed by atoms with Crippen LogP contribution in [0.3, 0.4) is 0 Å². The van der Waals surface area contributed by atoms with Crippen LogP contribution in [0.25, 0.3) is 10.8 Å². The second kappa shape index (κ2) is 4.97. The lowest BCUT2D eigenvalue weighted by molar-refractivity contribution is 0.353.